The van der Waals surface area contributed by atoms with Crippen molar-refractivity contribution in [3.8, 4) is 11.8 Å². The molecular weight excluding hydrogens is 236 g/mol. The number of benzene rings is 1. The van der Waals surface area contributed by atoms with Crippen molar-refractivity contribution in [2.24, 2.45) is 0 Å². The first-order chi connectivity index (χ1) is 8.58. The summed E-state index contributed by atoms with van der Waals surface area (Å²) in [5.74, 6) is -1.07. The molecule has 1 aromatic carbocycles. The SMILES string of the molecule is COc1ccc2c(c1)C(C#N)N(CC(=O)O)C2=O. The van der Waals surface area contributed by atoms with Crippen LogP contribution in [0.3, 0.4) is 0 Å². The number of rotatable bonds is 3. The lowest BCUT2D eigenvalue weighted by atomic mass is 10.1. The predicted octanol–water partition coefficient (Wildman–Crippen LogP) is 0.800. The Morgan fingerprint density at radius 1 is 1.61 bits per heavy atom. The first-order valence-electron chi connectivity index (χ1n) is 5.18. The number of aliphatic carboxylic acids is 1. The lowest BCUT2D eigenvalue weighted by molar-refractivity contribution is -0.137. The molecule has 1 aliphatic heterocycles. The molecule has 0 aliphatic carbocycles. The summed E-state index contributed by atoms with van der Waals surface area (Å²) in [6.07, 6.45) is 0. The van der Waals surface area contributed by atoms with E-state index < -0.39 is 24.5 Å². The molecule has 1 amide bonds. The van der Waals surface area contributed by atoms with Gasteiger partial charge >= 0.3 is 5.97 Å². The monoisotopic (exact) mass is 246 g/mol. The fourth-order valence-corrected chi connectivity index (χ4v) is 1.98. The van der Waals surface area contributed by atoms with E-state index in [1.807, 2.05) is 6.07 Å². The van der Waals surface area contributed by atoms with Crippen LogP contribution >= 0.6 is 0 Å². The van der Waals surface area contributed by atoms with E-state index in [0.717, 1.165) is 4.90 Å². The van der Waals surface area contributed by atoms with Gasteiger partial charge in [-0.05, 0) is 18.2 Å². The molecule has 1 atom stereocenters. The summed E-state index contributed by atoms with van der Waals surface area (Å²) < 4.78 is 5.03. The highest BCUT2D eigenvalue weighted by molar-refractivity contribution is 6.01. The summed E-state index contributed by atoms with van der Waals surface area (Å²) in [5.41, 5.74) is 0.840. The molecule has 1 N–H and O–H groups in total. The molecule has 2 rings (SSSR count). The Hall–Kier alpha value is -2.55. The van der Waals surface area contributed by atoms with E-state index in [9.17, 15) is 9.59 Å². The molecule has 0 bridgehead atoms. The number of carboxylic acids is 1. The zero-order valence-electron chi connectivity index (χ0n) is 9.58. The normalized spacial score (nSPS) is 17.2. The number of carboxylic acid groups (broad SMARTS) is 1. The molecule has 0 spiro atoms. The minimum Gasteiger partial charge on any atom is -0.497 e. The largest absolute Gasteiger partial charge is 0.497 e. The van der Waals surface area contributed by atoms with Crippen LogP contribution in [-0.4, -0.2) is 35.5 Å². The maximum atomic E-state index is 12.0. The average molecular weight is 246 g/mol. The number of nitrogens with zero attached hydrogens (tertiary/aromatic N) is 2. The zero-order chi connectivity index (χ0) is 13.3. The van der Waals surface area contributed by atoms with Crippen LogP contribution in [0.4, 0.5) is 0 Å². The van der Waals surface area contributed by atoms with Crippen LogP contribution in [0.25, 0.3) is 0 Å². The topological polar surface area (TPSA) is 90.6 Å². The van der Waals surface area contributed by atoms with Crippen LogP contribution in [0.5, 0.6) is 5.75 Å². The van der Waals surface area contributed by atoms with Gasteiger partial charge in [-0.15, -0.1) is 0 Å². The van der Waals surface area contributed by atoms with Crippen LogP contribution in [0.1, 0.15) is 22.0 Å². The molecule has 1 heterocycles. The standard InChI is InChI=1S/C12H10N2O4/c1-18-7-2-3-8-9(4-7)10(5-13)14(12(8)17)6-11(15)16/h2-4,10H,6H2,1H3,(H,15,16). The number of carbonyl (C=O) groups excluding carboxylic acids is 1. The Labute approximate surface area is 103 Å². The lowest BCUT2D eigenvalue weighted by Gasteiger charge is -2.17. The van der Waals surface area contributed by atoms with Crippen LogP contribution in [0.2, 0.25) is 0 Å². The van der Waals surface area contributed by atoms with Gasteiger partial charge in [0, 0.05) is 11.1 Å². The molecule has 6 heteroatoms. The molecule has 0 fully saturated rings. The van der Waals surface area contributed by atoms with E-state index in [-0.39, 0.29) is 0 Å². The Morgan fingerprint density at radius 2 is 2.33 bits per heavy atom. The number of ether oxygens (including phenoxy) is 1. The van der Waals surface area contributed by atoms with E-state index in [0.29, 0.717) is 16.9 Å². The Bertz CT molecular complexity index is 562. The van der Waals surface area contributed by atoms with Crippen molar-refractivity contribution < 1.29 is 19.4 Å². The maximum absolute atomic E-state index is 12.0. The van der Waals surface area contributed by atoms with Crippen molar-refractivity contribution in [1.29, 1.82) is 5.26 Å². The number of nitriles is 1. The number of amides is 1. The third-order valence-electron chi connectivity index (χ3n) is 2.78. The summed E-state index contributed by atoms with van der Waals surface area (Å²) >= 11 is 0. The van der Waals surface area contributed by atoms with Crippen molar-refractivity contribution in [2.45, 2.75) is 6.04 Å². The molecule has 0 aromatic heterocycles. The predicted molar refractivity (Wildman–Crippen MR) is 60.0 cm³/mol. The van der Waals surface area contributed by atoms with Crippen LogP contribution in [-0.2, 0) is 4.79 Å². The molecule has 6 nitrogen and oxygen atoms in total. The molecule has 1 unspecified atom stereocenters. The molecule has 0 saturated heterocycles. The molecule has 1 aliphatic rings. The van der Waals surface area contributed by atoms with Crippen molar-refractivity contribution in [3.05, 3.63) is 29.3 Å². The second kappa shape index (κ2) is 4.37. The highest BCUT2D eigenvalue weighted by atomic mass is 16.5. The molecule has 92 valence electrons. The van der Waals surface area contributed by atoms with Gasteiger partial charge in [-0.25, -0.2) is 0 Å². The van der Waals surface area contributed by atoms with Crippen LogP contribution in [0.15, 0.2) is 18.2 Å². The minimum absolute atomic E-state index is 0.351. The summed E-state index contributed by atoms with van der Waals surface area (Å²) in [6.45, 7) is -0.492. The number of hydrogen-bond donors (Lipinski definition) is 1. The number of fused-ring (bicyclic) bond motifs is 1. The first-order valence-corrected chi connectivity index (χ1v) is 5.18. The van der Waals surface area contributed by atoms with Crippen molar-refractivity contribution in [3.63, 3.8) is 0 Å². The quantitative estimate of drug-likeness (QED) is 0.851. The fourth-order valence-electron chi connectivity index (χ4n) is 1.98. The van der Waals surface area contributed by atoms with Gasteiger partial charge in [-0.3, -0.25) is 9.59 Å². The molecule has 0 saturated carbocycles. The van der Waals surface area contributed by atoms with Gasteiger partial charge in [-0.1, -0.05) is 0 Å². The smallest absolute Gasteiger partial charge is 0.323 e. The number of methoxy groups -OCH3 is 1. The summed E-state index contributed by atoms with van der Waals surface area (Å²) in [4.78, 5) is 23.7. The van der Waals surface area contributed by atoms with E-state index >= 15 is 0 Å². The first kappa shape index (κ1) is 11.9. The van der Waals surface area contributed by atoms with Crippen molar-refractivity contribution >= 4 is 11.9 Å². The van der Waals surface area contributed by atoms with Gasteiger partial charge in [0.05, 0.1) is 13.2 Å². The van der Waals surface area contributed by atoms with E-state index in [2.05, 4.69) is 0 Å². The van der Waals surface area contributed by atoms with Gasteiger partial charge < -0.3 is 14.7 Å². The van der Waals surface area contributed by atoms with E-state index in [4.69, 9.17) is 15.1 Å². The summed E-state index contributed by atoms with van der Waals surface area (Å²) in [7, 11) is 1.48. The van der Waals surface area contributed by atoms with Crippen molar-refractivity contribution in [2.75, 3.05) is 13.7 Å². The summed E-state index contributed by atoms with van der Waals surface area (Å²) in [5, 5.41) is 17.9. The lowest BCUT2D eigenvalue weighted by Crippen LogP contribution is -2.32. The zero-order valence-corrected chi connectivity index (χ0v) is 9.58. The summed E-state index contributed by atoms with van der Waals surface area (Å²) in [6, 6.07) is 5.80. The van der Waals surface area contributed by atoms with Gasteiger partial charge in [0.25, 0.3) is 5.91 Å². The fraction of sp³-hybridized carbons (Fsp3) is 0.250. The highest BCUT2D eigenvalue weighted by Gasteiger charge is 2.38. The van der Waals surface area contributed by atoms with Gasteiger partial charge in [0.2, 0.25) is 0 Å². The van der Waals surface area contributed by atoms with E-state index in [1.165, 1.54) is 7.11 Å². The Morgan fingerprint density at radius 3 is 2.89 bits per heavy atom. The van der Waals surface area contributed by atoms with Gasteiger partial charge in [0.15, 0.2) is 0 Å². The number of hydrogen-bond acceptors (Lipinski definition) is 4. The van der Waals surface area contributed by atoms with Crippen LogP contribution < -0.4 is 4.74 Å². The Balaban J connectivity index is 2.46. The second-order valence-electron chi connectivity index (χ2n) is 3.81. The third kappa shape index (κ3) is 1.76. The van der Waals surface area contributed by atoms with Gasteiger partial charge in [0.1, 0.15) is 18.3 Å². The van der Waals surface area contributed by atoms with E-state index in [1.54, 1.807) is 18.2 Å². The maximum Gasteiger partial charge on any atom is 0.323 e. The number of carbonyl (C=O) groups is 2. The molecule has 1 aromatic rings. The minimum atomic E-state index is -1.15. The molecular formula is C12H10N2O4. The Kier molecular flexibility index (Phi) is 2.90. The molecule has 18 heavy (non-hydrogen) atoms. The van der Waals surface area contributed by atoms with Crippen LogP contribution in [0, 0.1) is 11.3 Å². The third-order valence-corrected chi connectivity index (χ3v) is 2.78. The second-order valence-corrected chi connectivity index (χ2v) is 3.81. The molecule has 0 radical (unpaired) electrons. The highest BCUT2D eigenvalue weighted by Crippen LogP contribution is 2.35. The van der Waals surface area contributed by atoms with Crippen molar-refractivity contribution in [1.82, 2.24) is 4.90 Å². The average Bonchev–Trinajstić information content (AvgIpc) is 2.61. The van der Waals surface area contributed by atoms with Gasteiger partial charge in [-0.2, -0.15) is 5.26 Å².